The summed E-state index contributed by atoms with van der Waals surface area (Å²) in [6.45, 7) is 18.2. The van der Waals surface area contributed by atoms with Gasteiger partial charge in [-0.05, 0) is 79.3 Å². The first-order valence-corrected chi connectivity index (χ1v) is 16.6. The van der Waals surface area contributed by atoms with Gasteiger partial charge in [-0.15, -0.1) is 0 Å². The number of likely N-dealkylation sites (N-methyl/N-ethyl adjacent to an activating group) is 1. The molecule has 258 valence electrons. The van der Waals surface area contributed by atoms with E-state index >= 15 is 0 Å². The third-order valence-corrected chi connectivity index (χ3v) is 10.3. The molecule has 2 bridgehead atoms. The molecular weight excluding hydrogens is 584 g/mol. The van der Waals surface area contributed by atoms with Gasteiger partial charge in [0, 0.05) is 13.5 Å². The molecular formula is C33H56N2O10. The summed E-state index contributed by atoms with van der Waals surface area (Å²) in [5.74, 6) is -1.28. The van der Waals surface area contributed by atoms with E-state index in [1.165, 1.54) is 6.92 Å². The Kier molecular flexibility index (Phi) is 11.2. The van der Waals surface area contributed by atoms with Crippen LogP contribution in [0.2, 0.25) is 0 Å². The minimum atomic E-state index is -1.16. The first-order valence-electron chi connectivity index (χ1n) is 16.6. The topological polar surface area (TPSA) is 122 Å². The molecule has 0 N–H and O–H groups in total. The van der Waals surface area contributed by atoms with E-state index in [1.807, 2.05) is 46.7 Å². The summed E-state index contributed by atoms with van der Waals surface area (Å²) in [7, 11) is 3.92. The smallest absolute Gasteiger partial charge is 0.458 e. The van der Waals surface area contributed by atoms with Gasteiger partial charge >= 0.3 is 18.1 Å². The Hall–Kier alpha value is -1.99. The molecule has 4 aliphatic rings. The first kappa shape index (κ1) is 35.9. The number of carbonyl (C=O) groups excluding carboxylic acids is 3. The minimum absolute atomic E-state index is 0.111. The fourth-order valence-corrected chi connectivity index (χ4v) is 8.10. The van der Waals surface area contributed by atoms with Crippen LogP contribution in [-0.4, -0.2) is 115 Å². The van der Waals surface area contributed by atoms with E-state index in [1.54, 1.807) is 6.92 Å². The average Bonchev–Trinajstić information content (AvgIpc) is 3.16. The lowest BCUT2D eigenvalue weighted by atomic mass is 9.79. The van der Waals surface area contributed by atoms with Gasteiger partial charge in [0.2, 0.25) is 0 Å². The van der Waals surface area contributed by atoms with Crippen molar-refractivity contribution in [2.24, 2.45) is 17.8 Å². The van der Waals surface area contributed by atoms with Gasteiger partial charge in [0.15, 0.2) is 24.1 Å². The zero-order valence-corrected chi connectivity index (χ0v) is 29.1. The molecule has 0 aliphatic carbocycles. The van der Waals surface area contributed by atoms with Crippen molar-refractivity contribution in [2.45, 2.75) is 148 Å². The standard InChI is InChI=1S/C33H56N2O10/c1-12-25-33(9)28(44-31(38)45-33)22(6)35-16-18(2)15-32(8,39-17-35)27(19(3)13-20(4)29(37)42-25)43-30-26(41-23(7)36)24(34(10)11)14-21(5)40-30/h18-22,24-28,30H,12-17H2,1-11H3/t18-,19+,20-,21-,22-,24+,25-,26-,27?,28-,30+,32-,33-/m1/s1. The zero-order valence-electron chi connectivity index (χ0n) is 29.1. The van der Waals surface area contributed by atoms with Crippen LogP contribution in [0.15, 0.2) is 0 Å². The molecule has 0 radical (unpaired) electrons. The molecule has 0 amide bonds. The fourth-order valence-electron chi connectivity index (χ4n) is 8.10. The van der Waals surface area contributed by atoms with Gasteiger partial charge in [0.05, 0.1) is 35.8 Å². The quantitative estimate of drug-likeness (QED) is 0.317. The number of nitrogens with zero attached hydrogens (tertiary/aromatic N) is 2. The zero-order chi connectivity index (χ0) is 33.4. The molecule has 0 spiro atoms. The Bertz CT molecular complexity index is 1070. The summed E-state index contributed by atoms with van der Waals surface area (Å²) >= 11 is 0. The SMILES string of the molecule is CC[C@H]1OC(=O)[C@H](C)C[C@H](C)C(O[C@@H]2O[C@H](C)C[C@H](N(C)C)[C@H]2OC(C)=O)[C@@]2(C)C[C@@H](C)CN(CO2)[C@H](C)[C@H]2OC(=O)O[C@@]21C. The maximum Gasteiger partial charge on any atom is 0.509 e. The molecule has 0 saturated carbocycles. The van der Waals surface area contributed by atoms with Gasteiger partial charge in [-0.2, -0.15) is 0 Å². The van der Waals surface area contributed by atoms with Crippen LogP contribution in [-0.2, 0) is 42.7 Å². The lowest BCUT2D eigenvalue weighted by Gasteiger charge is -2.47. The second-order valence-electron chi connectivity index (χ2n) is 14.6. The molecule has 4 rings (SSSR count). The van der Waals surface area contributed by atoms with Gasteiger partial charge in [0.1, 0.15) is 12.8 Å². The second-order valence-corrected chi connectivity index (χ2v) is 14.6. The molecule has 12 heteroatoms. The molecule has 0 aromatic rings. The van der Waals surface area contributed by atoms with Crippen molar-refractivity contribution in [3.8, 4) is 0 Å². The van der Waals surface area contributed by atoms with E-state index in [-0.39, 0.29) is 42.7 Å². The molecule has 0 aromatic carbocycles. The van der Waals surface area contributed by atoms with Crippen molar-refractivity contribution in [3.63, 3.8) is 0 Å². The third kappa shape index (κ3) is 7.61. The Labute approximate surface area is 268 Å². The number of esters is 2. The van der Waals surface area contributed by atoms with Crippen LogP contribution in [0.25, 0.3) is 0 Å². The van der Waals surface area contributed by atoms with Gasteiger partial charge in [-0.3, -0.25) is 14.5 Å². The Morgan fingerprint density at radius 2 is 1.76 bits per heavy atom. The van der Waals surface area contributed by atoms with Gasteiger partial charge in [0.25, 0.3) is 0 Å². The van der Waals surface area contributed by atoms with E-state index in [0.29, 0.717) is 32.2 Å². The maximum atomic E-state index is 13.6. The molecule has 45 heavy (non-hydrogen) atoms. The van der Waals surface area contributed by atoms with Crippen molar-refractivity contribution >= 4 is 18.1 Å². The number of hydrogen-bond donors (Lipinski definition) is 0. The van der Waals surface area contributed by atoms with Crippen LogP contribution >= 0.6 is 0 Å². The summed E-state index contributed by atoms with van der Waals surface area (Å²) in [4.78, 5) is 42.6. The largest absolute Gasteiger partial charge is 0.509 e. The lowest BCUT2D eigenvalue weighted by Crippen LogP contribution is -2.60. The van der Waals surface area contributed by atoms with Crippen LogP contribution in [0.5, 0.6) is 0 Å². The monoisotopic (exact) mass is 640 g/mol. The number of cyclic esters (lactones) is 1. The number of carbonyl (C=O) groups is 3. The van der Waals surface area contributed by atoms with E-state index in [2.05, 4.69) is 25.7 Å². The van der Waals surface area contributed by atoms with Gasteiger partial charge in [-0.1, -0.05) is 27.7 Å². The molecule has 12 nitrogen and oxygen atoms in total. The number of fused-ring (bicyclic) bond motifs is 4. The van der Waals surface area contributed by atoms with E-state index in [4.69, 9.17) is 33.2 Å². The lowest BCUT2D eigenvalue weighted by molar-refractivity contribution is -0.303. The highest BCUT2D eigenvalue weighted by Gasteiger charge is 2.58. The number of rotatable bonds is 5. The van der Waals surface area contributed by atoms with Gasteiger partial charge < -0.3 is 38.1 Å². The predicted molar refractivity (Wildman–Crippen MR) is 164 cm³/mol. The molecule has 4 heterocycles. The molecule has 4 fully saturated rings. The highest BCUT2D eigenvalue weighted by molar-refractivity contribution is 5.72. The summed E-state index contributed by atoms with van der Waals surface area (Å²) in [6, 6.07) is -0.409. The van der Waals surface area contributed by atoms with Crippen LogP contribution in [0, 0.1) is 17.8 Å². The highest BCUT2D eigenvalue weighted by atomic mass is 16.8. The normalized spacial score (nSPS) is 46.3. The molecule has 4 saturated heterocycles. The van der Waals surface area contributed by atoms with Crippen LogP contribution in [0.3, 0.4) is 0 Å². The van der Waals surface area contributed by atoms with Crippen LogP contribution < -0.4 is 0 Å². The molecule has 14 atom stereocenters. The minimum Gasteiger partial charge on any atom is -0.458 e. The molecule has 0 aromatic heterocycles. The molecule has 2 unspecified atom stereocenters. The maximum absolute atomic E-state index is 13.6. The average molecular weight is 641 g/mol. The first-order chi connectivity index (χ1) is 21.0. The van der Waals surface area contributed by atoms with Crippen molar-refractivity contribution in [2.75, 3.05) is 27.4 Å². The third-order valence-electron chi connectivity index (χ3n) is 10.3. The van der Waals surface area contributed by atoms with Crippen LogP contribution in [0.1, 0.15) is 88.0 Å². The van der Waals surface area contributed by atoms with E-state index in [0.717, 1.165) is 0 Å². The molecule has 4 aliphatic heterocycles. The summed E-state index contributed by atoms with van der Waals surface area (Å²) in [6.07, 6.45) is -2.06. The van der Waals surface area contributed by atoms with E-state index < -0.39 is 60.0 Å². The van der Waals surface area contributed by atoms with E-state index in [9.17, 15) is 14.4 Å². The Morgan fingerprint density at radius 3 is 2.38 bits per heavy atom. The van der Waals surface area contributed by atoms with Crippen molar-refractivity contribution in [1.82, 2.24) is 9.80 Å². The van der Waals surface area contributed by atoms with Crippen molar-refractivity contribution in [3.05, 3.63) is 0 Å². The highest BCUT2D eigenvalue weighted by Crippen LogP contribution is 2.42. The number of ether oxygens (including phenoxy) is 7. The summed E-state index contributed by atoms with van der Waals surface area (Å²) in [5, 5.41) is 0. The van der Waals surface area contributed by atoms with Crippen molar-refractivity contribution in [1.29, 1.82) is 0 Å². The predicted octanol–water partition coefficient (Wildman–Crippen LogP) is 4.12. The summed E-state index contributed by atoms with van der Waals surface area (Å²) < 4.78 is 43.6. The van der Waals surface area contributed by atoms with Crippen molar-refractivity contribution < 1.29 is 47.5 Å². The Balaban J connectivity index is 1.74. The van der Waals surface area contributed by atoms with Crippen LogP contribution in [0.4, 0.5) is 4.79 Å². The second kappa shape index (κ2) is 14.0. The Morgan fingerprint density at radius 1 is 1.07 bits per heavy atom. The number of hydrogen-bond acceptors (Lipinski definition) is 12. The summed E-state index contributed by atoms with van der Waals surface area (Å²) in [5.41, 5.74) is -1.96. The van der Waals surface area contributed by atoms with Gasteiger partial charge in [-0.25, -0.2) is 4.79 Å². The fraction of sp³-hybridized carbons (Fsp3) is 0.909.